The number of piperazine rings is 1. The fourth-order valence-electron chi connectivity index (χ4n) is 3.18. The highest BCUT2D eigenvalue weighted by Gasteiger charge is 2.25. The molecule has 1 N–H and O–H groups in total. The number of aromatic nitrogens is 1. The number of rotatable bonds is 5. The molecule has 0 amide bonds. The van der Waals surface area contributed by atoms with Crippen LogP contribution in [0.1, 0.15) is 19.6 Å². The van der Waals surface area contributed by atoms with Crippen LogP contribution in [-0.2, 0) is 6.54 Å². The van der Waals surface area contributed by atoms with Crippen molar-refractivity contribution < 1.29 is 9.63 Å². The van der Waals surface area contributed by atoms with Crippen molar-refractivity contribution in [2.45, 2.75) is 32.5 Å². The molecule has 1 aromatic heterocycles. The van der Waals surface area contributed by atoms with Crippen molar-refractivity contribution in [2.24, 2.45) is 0 Å². The normalized spacial score (nSPS) is 21.4. The lowest BCUT2D eigenvalue weighted by Gasteiger charge is -2.40. The molecule has 0 spiro atoms. The van der Waals surface area contributed by atoms with E-state index in [-0.39, 0.29) is 6.10 Å². The number of β-amino-alcohol motifs (C(OH)–C–C–N with tert-alkyl or cyclic N) is 1. The minimum atomic E-state index is -0.272. The van der Waals surface area contributed by atoms with Gasteiger partial charge in [-0.15, -0.1) is 0 Å². The predicted octanol–water partition coefficient (Wildman–Crippen LogP) is 2.23. The first kappa shape index (κ1) is 16.2. The van der Waals surface area contributed by atoms with E-state index in [1.54, 1.807) is 0 Å². The van der Waals surface area contributed by atoms with Crippen LogP contribution in [0, 0.1) is 0 Å². The van der Waals surface area contributed by atoms with Crippen molar-refractivity contribution in [3.63, 3.8) is 0 Å². The highest BCUT2D eigenvalue weighted by Crippen LogP contribution is 2.20. The van der Waals surface area contributed by atoms with Crippen molar-refractivity contribution in [1.82, 2.24) is 15.0 Å². The Morgan fingerprint density at radius 1 is 1.30 bits per heavy atom. The van der Waals surface area contributed by atoms with E-state index in [0.29, 0.717) is 6.04 Å². The number of aliphatic hydroxyl groups is 1. The first-order valence-corrected chi connectivity index (χ1v) is 8.27. The summed E-state index contributed by atoms with van der Waals surface area (Å²) in [7, 11) is 0. The minimum Gasteiger partial charge on any atom is -0.392 e. The van der Waals surface area contributed by atoms with Gasteiger partial charge < -0.3 is 9.63 Å². The van der Waals surface area contributed by atoms with E-state index in [1.807, 2.05) is 43.3 Å². The van der Waals surface area contributed by atoms with Crippen LogP contribution in [0.25, 0.3) is 11.3 Å². The summed E-state index contributed by atoms with van der Waals surface area (Å²) in [6.45, 7) is 8.53. The maximum atomic E-state index is 9.56. The largest absolute Gasteiger partial charge is 0.392 e. The van der Waals surface area contributed by atoms with Gasteiger partial charge in [0.1, 0.15) is 5.69 Å². The van der Waals surface area contributed by atoms with Crippen LogP contribution in [-0.4, -0.2) is 58.4 Å². The Hall–Kier alpha value is -1.69. The molecule has 2 atom stereocenters. The van der Waals surface area contributed by atoms with Crippen LogP contribution in [0.4, 0.5) is 0 Å². The third-order valence-electron chi connectivity index (χ3n) is 4.36. The van der Waals surface area contributed by atoms with Crippen LogP contribution in [0.2, 0.25) is 0 Å². The molecule has 0 aliphatic carbocycles. The van der Waals surface area contributed by atoms with Gasteiger partial charge in [0, 0.05) is 43.9 Å². The molecule has 1 fully saturated rings. The summed E-state index contributed by atoms with van der Waals surface area (Å²) in [5.74, 6) is 0.903. The maximum Gasteiger partial charge on any atom is 0.151 e. The molecule has 5 heteroatoms. The van der Waals surface area contributed by atoms with E-state index < -0.39 is 0 Å². The Balaban J connectivity index is 1.58. The van der Waals surface area contributed by atoms with Gasteiger partial charge in [-0.1, -0.05) is 35.5 Å². The van der Waals surface area contributed by atoms with E-state index in [1.165, 1.54) is 0 Å². The van der Waals surface area contributed by atoms with Crippen molar-refractivity contribution in [3.05, 3.63) is 42.2 Å². The summed E-state index contributed by atoms with van der Waals surface area (Å²) in [5.41, 5.74) is 1.97. The molecule has 2 aromatic rings. The van der Waals surface area contributed by atoms with Crippen molar-refractivity contribution >= 4 is 0 Å². The Bertz CT molecular complexity index is 612. The molecule has 0 unspecified atom stereocenters. The van der Waals surface area contributed by atoms with E-state index in [9.17, 15) is 5.11 Å². The Morgan fingerprint density at radius 2 is 2.09 bits per heavy atom. The smallest absolute Gasteiger partial charge is 0.151 e. The highest BCUT2D eigenvalue weighted by atomic mass is 16.5. The molecule has 0 radical (unpaired) electrons. The van der Waals surface area contributed by atoms with Crippen LogP contribution < -0.4 is 0 Å². The monoisotopic (exact) mass is 315 g/mol. The zero-order chi connectivity index (χ0) is 16.2. The first-order valence-electron chi connectivity index (χ1n) is 8.27. The zero-order valence-electron chi connectivity index (χ0n) is 13.9. The molecule has 3 rings (SSSR count). The van der Waals surface area contributed by atoms with Crippen LogP contribution >= 0.6 is 0 Å². The van der Waals surface area contributed by atoms with E-state index in [4.69, 9.17) is 4.52 Å². The van der Waals surface area contributed by atoms with Gasteiger partial charge in [0.15, 0.2) is 5.76 Å². The van der Waals surface area contributed by atoms with Gasteiger partial charge in [0.25, 0.3) is 0 Å². The van der Waals surface area contributed by atoms with Gasteiger partial charge in [-0.3, -0.25) is 9.80 Å². The van der Waals surface area contributed by atoms with Crippen LogP contribution in [0.5, 0.6) is 0 Å². The Kier molecular flexibility index (Phi) is 5.10. The number of aliphatic hydroxyl groups excluding tert-OH is 1. The summed E-state index contributed by atoms with van der Waals surface area (Å²) in [4.78, 5) is 4.73. The molecule has 2 heterocycles. The summed E-state index contributed by atoms with van der Waals surface area (Å²) in [6.07, 6.45) is -0.272. The molecule has 1 aliphatic heterocycles. The van der Waals surface area contributed by atoms with E-state index in [2.05, 4.69) is 21.9 Å². The molecule has 0 saturated carbocycles. The van der Waals surface area contributed by atoms with E-state index >= 15 is 0 Å². The number of hydrogen-bond acceptors (Lipinski definition) is 5. The minimum absolute atomic E-state index is 0.272. The third kappa shape index (κ3) is 4.19. The predicted molar refractivity (Wildman–Crippen MR) is 89.9 cm³/mol. The quantitative estimate of drug-likeness (QED) is 0.917. The molecular formula is C18H25N3O2. The van der Waals surface area contributed by atoms with Crippen LogP contribution in [0.15, 0.2) is 40.9 Å². The molecule has 124 valence electrons. The maximum absolute atomic E-state index is 9.56. The SMILES string of the molecule is C[C@H](O)CN1CCN(Cc2cc(-c3ccccc3)no2)C[C@@H]1C. The standard InChI is InChI=1S/C18H25N3O2/c1-14-11-20(8-9-21(14)12-15(2)22)13-17-10-18(19-23-17)16-6-4-3-5-7-16/h3-7,10,14-15,22H,8-9,11-13H2,1-2H3/t14-,15-/m0/s1. The summed E-state index contributed by atoms with van der Waals surface area (Å²) in [5, 5.41) is 13.7. The second-order valence-corrected chi connectivity index (χ2v) is 6.47. The average molecular weight is 315 g/mol. The fourth-order valence-corrected chi connectivity index (χ4v) is 3.18. The lowest BCUT2D eigenvalue weighted by atomic mass is 10.1. The highest BCUT2D eigenvalue weighted by molar-refractivity contribution is 5.58. The first-order chi connectivity index (χ1) is 11.1. The number of benzene rings is 1. The molecule has 1 saturated heterocycles. The topological polar surface area (TPSA) is 52.7 Å². The van der Waals surface area contributed by atoms with Crippen LogP contribution in [0.3, 0.4) is 0 Å². The molecule has 5 nitrogen and oxygen atoms in total. The Morgan fingerprint density at radius 3 is 2.78 bits per heavy atom. The number of nitrogens with zero attached hydrogens (tertiary/aromatic N) is 3. The molecule has 0 bridgehead atoms. The van der Waals surface area contributed by atoms with Crippen molar-refractivity contribution in [1.29, 1.82) is 0 Å². The fraction of sp³-hybridized carbons (Fsp3) is 0.500. The zero-order valence-corrected chi connectivity index (χ0v) is 13.9. The lowest BCUT2D eigenvalue weighted by Crippen LogP contribution is -2.53. The van der Waals surface area contributed by atoms with Gasteiger partial charge >= 0.3 is 0 Å². The molecule has 1 aromatic carbocycles. The second kappa shape index (κ2) is 7.25. The van der Waals surface area contributed by atoms with Gasteiger partial charge in [-0.2, -0.15) is 0 Å². The second-order valence-electron chi connectivity index (χ2n) is 6.47. The van der Waals surface area contributed by atoms with Gasteiger partial charge in [0.05, 0.1) is 12.6 Å². The summed E-state index contributed by atoms with van der Waals surface area (Å²) in [6, 6.07) is 12.6. The van der Waals surface area contributed by atoms with Crippen molar-refractivity contribution in [2.75, 3.05) is 26.2 Å². The summed E-state index contributed by atoms with van der Waals surface area (Å²) >= 11 is 0. The molecule has 23 heavy (non-hydrogen) atoms. The lowest BCUT2D eigenvalue weighted by molar-refractivity contribution is 0.0392. The molecular weight excluding hydrogens is 290 g/mol. The summed E-state index contributed by atoms with van der Waals surface area (Å²) < 4.78 is 5.50. The van der Waals surface area contributed by atoms with E-state index in [0.717, 1.165) is 49.7 Å². The van der Waals surface area contributed by atoms with Gasteiger partial charge in [0.2, 0.25) is 0 Å². The van der Waals surface area contributed by atoms with Gasteiger partial charge in [-0.25, -0.2) is 0 Å². The molecule has 1 aliphatic rings. The van der Waals surface area contributed by atoms with Crippen molar-refractivity contribution in [3.8, 4) is 11.3 Å². The third-order valence-corrected chi connectivity index (χ3v) is 4.36. The van der Waals surface area contributed by atoms with Gasteiger partial charge in [-0.05, 0) is 13.8 Å². The Labute approximate surface area is 137 Å². The number of hydrogen-bond donors (Lipinski definition) is 1. The average Bonchev–Trinajstić information content (AvgIpc) is 2.99.